The topological polar surface area (TPSA) is 52.7 Å². The van der Waals surface area contributed by atoms with Crippen molar-refractivity contribution >= 4 is 35.3 Å². The lowest BCUT2D eigenvalue weighted by Gasteiger charge is -2.23. The Kier molecular flexibility index (Phi) is 6.08. The minimum atomic E-state index is 0. The third-order valence-corrected chi connectivity index (χ3v) is 3.76. The predicted molar refractivity (Wildman–Crippen MR) is 70.7 cm³/mol. The second-order valence-electron chi connectivity index (χ2n) is 4.02. The summed E-state index contributed by atoms with van der Waals surface area (Å²) in [7, 11) is 0. The quantitative estimate of drug-likeness (QED) is 0.795. The Labute approximate surface area is 112 Å². The van der Waals surface area contributed by atoms with Crippen LogP contribution in [-0.2, 0) is 4.79 Å². The minimum absolute atomic E-state index is 0. The van der Waals surface area contributed by atoms with E-state index in [9.17, 15) is 9.59 Å². The number of halogens is 1. The number of hydrogen-bond donors (Lipinski definition) is 1. The van der Waals surface area contributed by atoms with Gasteiger partial charge in [-0.3, -0.25) is 9.59 Å². The van der Waals surface area contributed by atoms with Gasteiger partial charge >= 0.3 is 0 Å². The van der Waals surface area contributed by atoms with Crippen molar-refractivity contribution in [2.75, 3.05) is 45.0 Å². The molecule has 5 nitrogen and oxygen atoms in total. The van der Waals surface area contributed by atoms with Gasteiger partial charge in [0.1, 0.15) is 6.54 Å². The van der Waals surface area contributed by atoms with Gasteiger partial charge in [0.15, 0.2) is 0 Å². The second kappa shape index (κ2) is 7.08. The fourth-order valence-electron chi connectivity index (χ4n) is 1.93. The van der Waals surface area contributed by atoms with Gasteiger partial charge < -0.3 is 15.1 Å². The van der Waals surface area contributed by atoms with E-state index in [1.54, 1.807) is 4.90 Å². The van der Waals surface area contributed by atoms with Crippen LogP contribution in [0.15, 0.2) is 0 Å². The summed E-state index contributed by atoms with van der Waals surface area (Å²) in [6.07, 6.45) is 0.994. The molecular formula is C10H18ClN3O2S. The summed E-state index contributed by atoms with van der Waals surface area (Å²) < 4.78 is 0. The third kappa shape index (κ3) is 4.04. The van der Waals surface area contributed by atoms with Gasteiger partial charge in [0.2, 0.25) is 5.91 Å². The molecule has 2 saturated heterocycles. The Morgan fingerprint density at radius 3 is 2.82 bits per heavy atom. The average Bonchev–Trinajstić information content (AvgIpc) is 2.57. The first-order chi connectivity index (χ1) is 7.77. The van der Waals surface area contributed by atoms with Gasteiger partial charge in [0.25, 0.3) is 5.24 Å². The molecule has 0 aromatic carbocycles. The van der Waals surface area contributed by atoms with Crippen LogP contribution in [0.25, 0.3) is 0 Å². The summed E-state index contributed by atoms with van der Waals surface area (Å²) in [6.45, 7) is 4.36. The molecule has 98 valence electrons. The summed E-state index contributed by atoms with van der Waals surface area (Å²) in [5, 5.41) is 3.30. The smallest absolute Gasteiger partial charge is 0.282 e. The molecule has 2 amide bonds. The molecule has 2 fully saturated rings. The Hall–Kier alpha value is -0.460. The fourth-order valence-corrected chi connectivity index (χ4v) is 2.75. The molecule has 17 heavy (non-hydrogen) atoms. The lowest BCUT2D eigenvalue weighted by molar-refractivity contribution is -0.131. The largest absolute Gasteiger partial charge is 0.340 e. The van der Waals surface area contributed by atoms with Crippen molar-refractivity contribution in [1.82, 2.24) is 15.1 Å². The zero-order chi connectivity index (χ0) is 11.4. The van der Waals surface area contributed by atoms with Crippen LogP contribution in [0.4, 0.5) is 4.79 Å². The van der Waals surface area contributed by atoms with E-state index in [-0.39, 0.29) is 30.1 Å². The van der Waals surface area contributed by atoms with Gasteiger partial charge in [-0.15, -0.1) is 12.4 Å². The molecule has 0 aliphatic carbocycles. The van der Waals surface area contributed by atoms with Gasteiger partial charge in [0, 0.05) is 31.9 Å². The van der Waals surface area contributed by atoms with Gasteiger partial charge in [-0.05, 0) is 13.0 Å². The minimum Gasteiger partial charge on any atom is -0.340 e. The molecule has 0 saturated carbocycles. The van der Waals surface area contributed by atoms with Gasteiger partial charge in [-0.1, -0.05) is 11.8 Å². The van der Waals surface area contributed by atoms with Crippen molar-refractivity contribution in [2.24, 2.45) is 0 Å². The van der Waals surface area contributed by atoms with Crippen LogP contribution in [0, 0.1) is 0 Å². The Bertz CT molecular complexity index is 283. The highest BCUT2D eigenvalue weighted by Gasteiger charge is 2.25. The molecule has 0 unspecified atom stereocenters. The van der Waals surface area contributed by atoms with E-state index < -0.39 is 0 Å². The normalized spacial score (nSPS) is 21.1. The van der Waals surface area contributed by atoms with Crippen molar-refractivity contribution < 1.29 is 9.59 Å². The molecule has 0 radical (unpaired) electrons. The molecule has 0 bridgehead atoms. The van der Waals surface area contributed by atoms with Gasteiger partial charge in [-0.25, -0.2) is 0 Å². The molecule has 2 aliphatic heterocycles. The highest BCUT2D eigenvalue weighted by atomic mass is 35.5. The maximum atomic E-state index is 11.9. The molecule has 2 aliphatic rings. The van der Waals surface area contributed by atoms with E-state index in [0.717, 1.165) is 38.4 Å². The fraction of sp³-hybridized carbons (Fsp3) is 0.800. The standard InChI is InChI=1S/C10H17N3O2S.ClH/c14-9(8-13-6-7-16-10(13)15)12-4-1-2-11-3-5-12;/h11H,1-8H2;1H. The molecule has 0 atom stereocenters. The van der Waals surface area contributed by atoms with Crippen molar-refractivity contribution in [3.05, 3.63) is 0 Å². The first-order valence-corrected chi connectivity index (χ1v) is 6.66. The summed E-state index contributed by atoms with van der Waals surface area (Å²) in [4.78, 5) is 26.8. The highest BCUT2D eigenvalue weighted by Crippen LogP contribution is 2.16. The van der Waals surface area contributed by atoms with E-state index in [1.807, 2.05) is 4.90 Å². The monoisotopic (exact) mass is 279 g/mol. The van der Waals surface area contributed by atoms with Crippen LogP contribution in [0.2, 0.25) is 0 Å². The number of thioether (sulfide) groups is 1. The van der Waals surface area contributed by atoms with E-state index in [1.165, 1.54) is 11.8 Å². The molecular weight excluding hydrogens is 262 g/mol. The third-order valence-electron chi connectivity index (χ3n) is 2.86. The van der Waals surface area contributed by atoms with Crippen molar-refractivity contribution in [3.63, 3.8) is 0 Å². The van der Waals surface area contributed by atoms with E-state index in [4.69, 9.17) is 0 Å². The lowest BCUT2D eigenvalue weighted by Crippen LogP contribution is -2.41. The average molecular weight is 280 g/mol. The van der Waals surface area contributed by atoms with Crippen LogP contribution in [0.1, 0.15) is 6.42 Å². The molecule has 0 aromatic rings. The first kappa shape index (κ1) is 14.6. The van der Waals surface area contributed by atoms with Crippen molar-refractivity contribution in [3.8, 4) is 0 Å². The molecule has 2 rings (SSSR count). The number of carbonyl (C=O) groups is 2. The second-order valence-corrected chi connectivity index (χ2v) is 5.07. The molecule has 7 heteroatoms. The van der Waals surface area contributed by atoms with E-state index in [0.29, 0.717) is 6.54 Å². The van der Waals surface area contributed by atoms with E-state index >= 15 is 0 Å². The molecule has 0 spiro atoms. The maximum absolute atomic E-state index is 11.9. The zero-order valence-corrected chi connectivity index (χ0v) is 11.3. The summed E-state index contributed by atoms with van der Waals surface area (Å²) >= 11 is 1.30. The number of rotatable bonds is 2. The Morgan fingerprint density at radius 2 is 2.12 bits per heavy atom. The molecule has 1 N–H and O–H groups in total. The Morgan fingerprint density at radius 1 is 1.29 bits per heavy atom. The summed E-state index contributed by atoms with van der Waals surface area (Å²) in [6, 6.07) is 0. The summed E-state index contributed by atoms with van der Waals surface area (Å²) in [5.41, 5.74) is 0. The SMILES string of the molecule is Cl.O=C(CN1CCSC1=O)N1CCCNCC1. The van der Waals surface area contributed by atoms with Crippen LogP contribution in [0.5, 0.6) is 0 Å². The van der Waals surface area contributed by atoms with Crippen molar-refractivity contribution in [1.29, 1.82) is 0 Å². The van der Waals surface area contributed by atoms with Crippen LogP contribution in [-0.4, -0.2) is 66.0 Å². The predicted octanol–water partition coefficient (Wildman–Crippen LogP) is 0.399. The zero-order valence-electron chi connectivity index (χ0n) is 9.68. The summed E-state index contributed by atoms with van der Waals surface area (Å²) in [5.74, 6) is 0.896. The molecule has 2 heterocycles. The Balaban J connectivity index is 0.00000144. The highest BCUT2D eigenvalue weighted by molar-refractivity contribution is 8.13. The van der Waals surface area contributed by atoms with E-state index in [2.05, 4.69) is 5.32 Å². The van der Waals surface area contributed by atoms with Crippen LogP contribution >= 0.6 is 24.2 Å². The van der Waals surface area contributed by atoms with Crippen molar-refractivity contribution in [2.45, 2.75) is 6.42 Å². The molecule has 0 aromatic heterocycles. The lowest BCUT2D eigenvalue weighted by atomic mass is 10.3. The number of hydrogen-bond acceptors (Lipinski definition) is 4. The number of carbonyl (C=O) groups excluding carboxylic acids is 2. The first-order valence-electron chi connectivity index (χ1n) is 5.67. The van der Waals surface area contributed by atoms with Gasteiger partial charge in [0.05, 0.1) is 0 Å². The van der Waals surface area contributed by atoms with Gasteiger partial charge in [-0.2, -0.15) is 0 Å². The maximum Gasteiger partial charge on any atom is 0.282 e. The number of amides is 2. The van der Waals surface area contributed by atoms with Crippen LogP contribution in [0.3, 0.4) is 0 Å². The number of nitrogens with zero attached hydrogens (tertiary/aromatic N) is 2. The number of nitrogens with one attached hydrogen (secondary N) is 1. The van der Waals surface area contributed by atoms with Crippen LogP contribution < -0.4 is 5.32 Å².